The summed E-state index contributed by atoms with van der Waals surface area (Å²) in [4.78, 5) is 26.0. The van der Waals surface area contributed by atoms with Crippen LogP contribution in [0.1, 0.15) is 5.56 Å². The molecule has 144 valence electrons. The van der Waals surface area contributed by atoms with Crippen molar-refractivity contribution in [2.24, 2.45) is 0 Å². The molecule has 0 radical (unpaired) electrons. The number of hydrogen-bond acceptors (Lipinski definition) is 7. The fourth-order valence-corrected chi connectivity index (χ4v) is 4.80. The van der Waals surface area contributed by atoms with Gasteiger partial charge in [-0.05, 0) is 42.0 Å². The minimum absolute atomic E-state index is 0.0596. The molecule has 0 unspecified atom stereocenters. The second-order valence-corrected chi connectivity index (χ2v) is 9.28. The van der Waals surface area contributed by atoms with Gasteiger partial charge in [-0.25, -0.2) is 0 Å². The van der Waals surface area contributed by atoms with Crippen molar-refractivity contribution in [3.63, 3.8) is 0 Å². The Hall–Kier alpha value is -1.72. The molecule has 0 atom stereocenters. The maximum atomic E-state index is 12.8. The largest absolute Gasteiger partial charge is 0.396 e. The molecule has 6 nitrogen and oxygen atoms in total. The molecule has 1 fully saturated rings. The lowest BCUT2D eigenvalue weighted by Crippen LogP contribution is -2.27. The van der Waals surface area contributed by atoms with Gasteiger partial charge in [0.2, 0.25) is 0 Å². The van der Waals surface area contributed by atoms with E-state index in [-0.39, 0.29) is 18.2 Å². The van der Waals surface area contributed by atoms with E-state index in [1.54, 1.807) is 30.3 Å². The fraction of sp³-hybridized carbons (Fsp3) is 0.111. The number of hydrogen-bond donors (Lipinski definition) is 1. The number of aliphatic hydroxyl groups is 1. The van der Waals surface area contributed by atoms with Crippen LogP contribution in [0.5, 0.6) is 0 Å². The number of carbonyl (C=O) groups is 1. The number of nitrogens with zero attached hydrogens (tertiary/aromatic N) is 2. The quantitative estimate of drug-likeness (QED) is 0.201. The predicted molar refractivity (Wildman–Crippen MR) is 121 cm³/mol. The summed E-state index contributed by atoms with van der Waals surface area (Å²) < 4.78 is 1.30. The molecule has 1 amide bonds. The summed E-state index contributed by atoms with van der Waals surface area (Å²) in [5, 5.41) is 20.3. The van der Waals surface area contributed by atoms with E-state index >= 15 is 0 Å². The van der Waals surface area contributed by atoms with Crippen molar-refractivity contribution in [2.45, 2.75) is 4.90 Å². The SMILES string of the molecule is O=C1/C(=C/c2ccc(SCCO)c([N+](=O)[O-])c2)SC(=S)N1c1ccc(Br)cc1. The second-order valence-electron chi connectivity index (χ2n) is 5.55. The first-order valence-corrected chi connectivity index (χ1v) is 11.0. The standard InChI is InChI=1S/C18H13BrN2O4S3/c19-12-2-4-13(5-3-12)20-17(23)16(28-18(20)26)10-11-1-6-15(27-8-7-22)14(9-11)21(24)25/h1-6,9-10,22H,7-8H2/b16-10-. The third kappa shape index (κ3) is 4.64. The number of thioether (sulfide) groups is 2. The molecule has 0 spiro atoms. The minimum atomic E-state index is -0.468. The summed E-state index contributed by atoms with van der Waals surface area (Å²) in [7, 11) is 0. The number of carbonyl (C=O) groups excluding carboxylic acids is 1. The highest BCUT2D eigenvalue weighted by molar-refractivity contribution is 9.10. The van der Waals surface area contributed by atoms with Gasteiger partial charge >= 0.3 is 0 Å². The van der Waals surface area contributed by atoms with Gasteiger partial charge in [0, 0.05) is 16.3 Å². The zero-order valence-electron chi connectivity index (χ0n) is 14.2. The highest BCUT2D eigenvalue weighted by Gasteiger charge is 2.33. The molecule has 2 aromatic rings. The fourth-order valence-electron chi connectivity index (χ4n) is 2.48. The van der Waals surface area contributed by atoms with E-state index in [2.05, 4.69) is 15.9 Å². The third-order valence-corrected chi connectivity index (χ3v) is 6.58. The highest BCUT2D eigenvalue weighted by Crippen LogP contribution is 2.37. The van der Waals surface area contributed by atoms with Crippen molar-refractivity contribution >= 4 is 79.4 Å². The number of halogens is 1. The third-order valence-electron chi connectivity index (χ3n) is 3.70. The Balaban J connectivity index is 1.90. The van der Waals surface area contributed by atoms with E-state index in [1.807, 2.05) is 12.1 Å². The molecule has 1 heterocycles. The maximum Gasteiger partial charge on any atom is 0.283 e. The summed E-state index contributed by atoms with van der Waals surface area (Å²) in [5.41, 5.74) is 1.14. The van der Waals surface area contributed by atoms with Crippen molar-refractivity contribution in [2.75, 3.05) is 17.3 Å². The number of amides is 1. The Bertz CT molecular complexity index is 979. The highest BCUT2D eigenvalue weighted by atomic mass is 79.9. The molecule has 1 aliphatic heterocycles. The smallest absolute Gasteiger partial charge is 0.283 e. The Morgan fingerprint density at radius 3 is 2.64 bits per heavy atom. The summed E-state index contributed by atoms with van der Waals surface area (Å²) in [5.74, 6) is 0.102. The van der Waals surface area contributed by atoms with Gasteiger partial charge in [0.05, 0.1) is 27.0 Å². The molecule has 10 heteroatoms. The Morgan fingerprint density at radius 2 is 2.00 bits per heavy atom. The topological polar surface area (TPSA) is 83.7 Å². The molecule has 28 heavy (non-hydrogen) atoms. The van der Waals surface area contributed by atoms with Crippen molar-refractivity contribution in [3.8, 4) is 0 Å². The molecular weight excluding hydrogens is 484 g/mol. The van der Waals surface area contributed by atoms with Gasteiger partial charge in [0.25, 0.3) is 11.6 Å². The van der Waals surface area contributed by atoms with Crippen LogP contribution in [0.25, 0.3) is 6.08 Å². The van der Waals surface area contributed by atoms with Crippen LogP contribution >= 0.6 is 51.7 Å². The normalized spacial score (nSPS) is 15.5. The summed E-state index contributed by atoms with van der Waals surface area (Å²) in [6.07, 6.45) is 1.60. The van der Waals surface area contributed by atoms with Crippen LogP contribution in [0.15, 0.2) is 56.7 Å². The molecule has 1 saturated heterocycles. The van der Waals surface area contributed by atoms with Crippen molar-refractivity contribution < 1.29 is 14.8 Å². The number of nitro benzene ring substituents is 1. The molecule has 0 aromatic heterocycles. The number of nitro groups is 1. The maximum absolute atomic E-state index is 12.8. The van der Waals surface area contributed by atoms with Gasteiger partial charge in [-0.15, -0.1) is 11.8 Å². The zero-order valence-corrected chi connectivity index (χ0v) is 18.2. The molecule has 0 aliphatic carbocycles. The molecule has 1 aliphatic rings. The number of rotatable bonds is 6. The molecule has 0 saturated carbocycles. The average molecular weight is 497 g/mol. The van der Waals surface area contributed by atoms with Gasteiger partial charge in [0.15, 0.2) is 4.32 Å². The molecular formula is C18H13BrN2O4S3. The number of thiocarbonyl (C=S) groups is 1. The molecule has 2 aromatic carbocycles. The average Bonchev–Trinajstić information content (AvgIpc) is 2.94. The van der Waals surface area contributed by atoms with Crippen LogP contribution in [0.4, 0.5) is 11.4 Å². The van der Waals surface area contributed by atoms with Gasteiger partial charge in [-0.3, -0.25) is 19.8 Å². The van der Waals surface area contributed by atoms with E-state index < -0.39 is 4.92 Å². The number of aliphatic hydroxyl groups excluding tert-OH is 1. The summed E-state index contributed by atoms with van der Waals surface area (Å²) in [6, 6.07) is 12.0. The zero-order chi connectivity index (χ0) is 20.3. The Kier molecular flexibility index (Phi) is 6.89. The Labute approximate surface area is 183 Å². The predicted octanol–water partition coefficient (Wildman–Crippen LogP) is 4.85. The van der Waals surface area contributed by atoms with E-state index in [0.717, 1.165) is 16.2 Å². The van der Waals surface area contributed by atoms with Gasteiger partial charge in [-0.2, -0.15) is 0 Å². The Morgan fingerprint density at radius 1 is 1.29 bits per heavy atom. The first-order valence-electron chi connectivity index (χ1n) is 7.96. The van der Waals surface area contributed by atoms with E-state index in [0.29, 0.717) is 31.1 Å². The molecule has 1 N–H and O–H groups in total. The first-order chi connectivity index (χ1) is 13.4. The van der Waals surface area contributed by atoms with Crippen LogP contribution in [-0.2, 0) is 4.79 Å². The number of anilines is 1. The van der Waals surface area contributed by atoms with Crippen molar-refractivity contribution in [1.82, 2.24) is 0 Å². The number of benzene rings is 2. The van der Waals surface area contributed by atoms with Gasteiger partial charge in [0.1, 0.15) is 0 Å². The monoisotopic (exact) mass is 496 g/mol. The lowest BCUT2D eigenvalue weighted by Gasteiger charge is -2.14. The second kappa shape index (κ2) is 9.19. The van der Waals surface area contributed by atoms with E-state index in [4.69, 9.17) is 17.3 Å². The van der Waals surface area contributed by atoms with Crippen LogP contribution in [-0.4, -0.2) is 32.6 Å². The van der Waals surface area contributed by atoms with E-state index in [9.17, 15) is 14.9 Å². The molecule has 0 bridgehead atoms. The van der Waals surface area contributed by atoms with Crippen LogP contribution in [0.2, 0.25) is 0 Å². The van der Waals surface area contributed by atoms with Crippen molar-refractivity contribution in [1.29, 1.82) is 0 Å². The lowest BCUT2D eigenvalue weighted by molar-refractivity contribution is -0.387. The molecule has 3 rings (SSSR count). The van der Waals surface area contributed by atoms with Crippen LogP contribution < -0.4 is 4.90 Å². The minimum Gasteiger partial charge on any atom is -0.396 e. The summed E-state index contributed by atoms with van der Waals surface area (Å²) >= 11 is 11.1. The van der Waals surface area contributed by atoms with Gasteiger partial charge < -0.3 is 5.11 Å². The van der Waals surface area contributed by atoms with E-state index in [1.165, 1.54) is 22.7 Å². The lowest BCUT2D eigenvalue weighted by atomic mass is 10.2. The van der Waals surface area contributed by atoms with Crippen LogP contribution in [0, 0.1) is 10.1 Å². The first kappa shape index (κ1) is 21.0. The summed E-state index contributed by atoms with van der Waals surface area (Å²) in [6.45, 7) is -0.0674. The van der Waals surface area contributed by atoms with Crippen molar-refractivity contribution in [3.05, 3.63) is 67.5 Å². The van der Waals surface area contributed by atoms with Gasteiger partial charge in [-0.1, -0.05) is 46.0 Å². The van der Waals surface area contributed by atoms with Crippen LogP contribution in [0.3, 0.4) is 0 Å².